The van der Waals surface area contributed by atoms with Gasteiger partial charge in [0.25, 0.3) is 0 Å². The highest BCUT2D eigenvalue weighted by Gasteiger charge is 2.17. The Kier molecular flexibility index (Phi) is 4.05. The summed E-state index contributed by atoms with van der Waals surface area (Å²) in [5.41, 5.74) is 3.46. The van der Waals surface area contributed by atoms with E-state index < -0.39 is 0 Å². The zero-order valence-electron chi connectivity index (χ0n) is 12.1. The number of H-pyrrole nitrogens is 1. The number of aromatic nitrogens is 2. The number of benzene rings is 1. The molecule has 3 nitrogen and oxygen atoms in total. The predicted molar refractivity (Wildman–Crippen MR) is 83.6 cm³/mol. The Balaban J connectivity index is 1.59. The van der Waals surface area contributed by atoms with Crippen LogP contribution >= 0.6 is 0 Å². The third-order valence-electron chi connectivity index (χ3n) is 4.40. The van der Waals surface area contributed by atoms with Gasteiger partial charge in [0.2, 0.25) is 0 Å². The lowest BCUT2D eigenvalue weighted by Gasteiger charge is -2.26. The van der Waals surface area contributed by atoms with Gasteiger partial charge >= 0.3 is 0 Å². The lowest BCUT2D eigenvalue weighted by Crippen LogP contribution is -2.20. The standard InChI is InChI=1S/C17H23N3/c1-13-5-7-14(8-6-13)12-18-16-4-2-3-15(11-16)17-9-10-19-20-17/h2-4,9-11,13-14,18H,5-8,12H2,1H3,(H,19,20). The number of hydrogen-bond donors (Lipinski definition) is 2. The second kappa shape index (κ2) is 6.12. The molecular formula is C17H23N3. The van der Waals surface area contributed by atoms with E-state index in [0.29, 0.717) is 0 Å². The maximum absolute atomic E-state index is 4.01. The van der Waals surface area contributed by atoms with E-state index in [1.165, 1.54) is 36.9 Å². The molecule has 1 aromatic carbocycles. The van der Waals surface area contributed by atoms with Crippen LogP contribution in [0.3, 0.4) is 0 Å². The summed E-state index contributed by atoms with van der Waals surface area (Å²) in [6.07, 6.45) is 7.31. The molecule has 20 heavy (non-hydrogen) atoms. The Morgan fingerprint density at radius 3 is 2.80 bits per heavy atom. The molecule has 0 unspecified atom stereocenters. The summed E-state index contributed by atoms with van der Waals surface area (Å²) in [4.78, 5) is 0. The molecule has 0 radical (unpaired) electrons. The van der Waals surface area contributed by atoms with Crippen LogP contribution in [0.4, 0.5) is 5.69 Å². The number of nitrogens with zero attached hydrogens (tertiary/aromatic N) is 1. The molecule has 1 aliphatic rings. The van der Waals surface area contributed by atoms with Crippen molar-refractivity contribution in [3.05, 3.63) is 36.5 Å². The predicted octanol–water partition coefficient (Wildman–Crippen LogP) is 4.31. The molecule has 1 saturated carbocycles. The van der Waals surface area contributed by atoms with Crippen LogP contribution in [-0.2, 0) is 0 Å². The molecule has 0 saturated heterocycles. The second-order valence-corrected chi connectivity index (χ2v) is 6.06. The Morgan fingerprint density at radius 1 is 1.20 bits per heavy atom. The zero-order chi connectivity index (χ0) is 13.8. The monoisotopic (exact) mass is 269 g/mol. The van der Waals surface area contributed by atoms with Crippen molar-refractivity contribution < 1.29 is 0 Å². The molecule has 0 atom stereocenters. The van der Waals surface area contributed by atoms with E-state index in [9.17, 15) is 0 Å². The molecule has 2 N–H and O–H groups in total. The summed E-state index contributed by atoms with van der Waals surface area (Å²) in [6.45, 7) is 3.47. The van der Waals surface area contributed by atoms with Crippen molar-refractivity contribution >= 4 is 5.69 Å². The molecule has 0 amide bonds. The van der Waals surface area contributed by atoms with Crippen LogP contribution in [0.2, 0.25) is 0 Å². The third kappa shape index (κ3) is 3.21. The Labute approximate surface area is 120 Å². The van der Waals surface area contributed by atoms with Crippen molar-refractivity contribution in [3.8, 4) is 11.3 Å². The van der Waals surface area contributed by atoms with Crippen molar-refractivity contribution in [1.82, 2.24) is 10.2 Å². The third-order valence-corrected chi connectivity index (χ3v) is 4.40. The molecule has 1 fully saturated rings. The highest BCUT2D eigenvalue weighted by atomic mass is 15.1. The van der Waals surface area contributed by atoms with Crippen LogP contribution < -0.4 is 5.32 Å². The second-order valence-electron chi connectivity index (χ2n) is 6.06. The van der Waals surface area contributed by atoms with E-state index in [0.717, 1.165) is 24.1 Å². The molecule has 0 aliphatic heterocycles. The van der Waals surface area contributed by atoms with Gasteiger partial charge in [0.05, 0.1) is 5.69 Å². The maximum Gasteiger partial charge on any atom is 0.0650 e. The minimum atomic E-state index is 0.835. The van der Waals surface area contributed by atoms with Crippen molar-refractivity contribution in [2.75, 3.05) is 11.9 Å². The van der Waals surface area contributed by atoms with E-state index in [4.69, 9.17) is 0 Å². The van der Waals surface area contributed by atoms with Gasteiger partial charge in [0, 0.05) is 24.0 Å². The van der Waals surface area contributed by atoms with Gasteiger partial charge in [-0.2, -0.15) is 5.10 Å². The summed E-state index contributed by atoms with van der Waals surface area (Å²) in [7, 11) is 0. The van der Waals surface area contributed by atoms with Gasteiger partial charge in [0.1, 0.15) is 0 Å². The molecule has 3 rings (SSSR count). The average molecular weight is 269 g/mol. The van der Waals surface area contributed by atoms with Gasteiger partial charge in [-0.1, -0.05) is 31.9 Å². The lowest BCUT2D eigenvalue weighted by molar-refractivity contribution is 0.300. The van der Waals surface area contributed by atoms with Crippen LogP contribution in [0, 0.1) is 11.8 Å². The fourth-order valence-corrected chi connectivity index (χ4v) is 3.01. The van der Waals surface area contributed by atoms with Gasteiger partial charge in [0.15, 0.2) is 0 Å². The minimum absolute atomic E-state index is 0.835. The van der Waals surface area contributed by atoms with Gasteiger partial charge in [-0.15, -0.1) is 0 Å². The number of aromatic amines is 1. The van der Waals surface area contributed by atoms with Gasteiger partial charge in [-0.25, -0.2) is 0 Å². The van der Waals surface area contributed by atoms with Crippen molar-refractivity contribution in [2.24, 2.45) is 11.8 Å². The quantitative estimate of drug-likeness (QED) is 0.868. The normalized spacial score (nSPS) is 22.6. The molecule has 106 valence electrons. The van der Waals surface area contributed by atoms with Gasteiger partial charge in [-0.05, 0) is 42.9 Å². The number of rotatable bonds is 4. The lowest BCUT2D eigenvalue weighted by atomic mass is 9.83. The molecule has 1 heterocycles. The highest BCUT2D eigenvalue weighted by molar-refractivity contribution is 5.64. The molecule has 2 aromatic rings. The summed E-state index contributed by atoms with van der Waals surface area (Å²) in [5, 5.41) is 10.6. The van der Waals surface area contributed by atoms with Crippen LogP contribution in [0.5, 0.6) is 0 Å². The topological polar surface area (TPSA) is 40.7 Å². The Morgan fingerprint density at radius 2 is 2.05 bits per heavy atom. The smallest absolute Gasteiger partial charge is 0.0650 e. The summed E-state index contributed by atoms with van der Waals surface area (Å²) in [5.74, 6) is 1.76. The van der Waals surface area contributed by atoms with Crippen molar-refractivity contribution in [2.45, 2.75) is 32.6 Å². The van der Waals surface area contributed by atoms with E-state index in [1.54, 1.807) is 6.20 Å². The first kappa shape index (κ1) is 13.2. The minimum Gasteiger partial charge on any atom is -0.385 e. The highest BCUT2D eigenvalue weighted by Crippen LogP contribution is 2.28. The van der Waals surface area contributed by atoms with Crippen LogP contribution in [-0.4, -0.2) is 16.7 Å². The molecular weight excluding hydrogens is 246 g/mol. The Bertz CT molecular complexity index is 525. The van der Waals surface area contributed by atoms with E-state index in [1.807, 2.05) is 6.07 Å². The Hall–Kier alpha value is -1.77. The van der Waals surface area contributed by atoms with Gasteiger partial charge in [-0.3, -0.25) is 5.10 Å². The number of nitrogens with one attached hydrogen (secondary N) is 2. The van der Waals surface area contributed by atoms with Crippen LogP contribution in [0.25, 0.3) is 11.3 Å². The van der Waals surface area contributed by atoms with E-state index in [2.05, 4.69) is 46.7 Å². The fraction of sp³-hybridized carbons (Fsp3) is 0.471. The number of anilines is 1. The fourth-order valence-electron chi connectivity index (χ4n) is 3.01. The van der Waals surface area contributed by atoms with E-state index in [-0.39, 0.29) is 0 Å². The van der Waals surface area contributed by atoms with Crippen LogP contribution in [0.1, 0.15) is 32.6 Å². The van der Waals surface area contributed by atoms with Crippen molar-refractivity contribution in [1.29, 1.82) is 0 Å². The first-order chi connectivity index (χ1) is 9.81. The zero-order valence-corrected chi connectivity index (χ0v) is 12.1. The van der Waals surface area contributed by atoms with E-state index >= 15 is 0 Å². The SMILES string of the molecule is CC1CCC(CNc2cccc(-c3ccn[nH]3)c2)CC1. The first-order valence-corrected chi connectivity index (χ1v) is 7.65. The van der Waals surface area contributed by atoms with Gasteiger partial charge < -0.3 is 5.32 Å². The molecule has 1 aromatic heterocycles. The maximum atomic E-state index is 4.01. The molecule has 0 spiro atoms. The summed E-state index contributed by atoms with van der Waals surface area (Å²) >= 11 is 0. The largest absolute Gasteiger partial charge is 0.385 e. The molecule has 3 heteroatoms. The average Bonchev–Trinajstić information content (AvgIpc) is 3.01. The van der Waals surface area contributed by atoms with Crippen LogP contribution in [0.15, 0.2) is 36.5 Å². The molecule has 0 bridgehead atoms. The summed E-state index contributed by atoms with van der Waals surface area (Å²) < 4.78 is 0. The number of hydrogen-bond acceptors (Lipinski definition) is 2. The van der Waals surface area contributed by atoms with Crippen molar-refractivity contribution in [3.63, 3.8) is 0 Å². The first-order valence-electron chi connectivity index (χ1n) is 7.65. The summed E-state index contributed by atoms with van der Waals surface area (Å²) in [6, 6.07) is 10.5. The molecule has 1 aliphatic carbocycles.